The molecule has 0 aromatic heterocycles. The predicted octanol–water partition coefficient (Wildman–Crippen LogP) is 3.70. The Morgan fingerprint density at radius 2 is 1.91 bits per heavy atom. The summed E-state index contributed by atoms with van der Waals surface area (Å²) in [4.78, 5) is 0. The van der Waals surface area contributed by atoms with Gasteiger partial charge in [0.15, 0.2) is 0 Å². The second-order valence-corrected chi connectivity index (χ2v) is 3.37. The minimum absolute atomic E-state index is 0.718. The summed E-state index contributed by atoms with van der Waals surface area (Å²) in [7, 11) is 0. The van der Waals surface area contributed by atoms with Gasteiger partial charge in [0, 0.05) is 0 Å². The number of allylic oxidation sites excluding steroid dienone is 4. The molecule has 0 amide bonds. The van der Waals surface area contributed by atoms with E-state index in [-0.39, 0.29) is 0 Å². The molecular weight excluding hydrogens is 132 g/mol. The molecule has 0 aromatic rings. The summed E-state index contributed by atoms with van der Waals surface area (Å²) in [6.07, 6.45) is 4.78. The van der Waals surface area contributed by atoms with Crippen LogP contribution in [-0.2, 0) is 0 Å². The van der Waals surface area contributed by atoms with Crippen molar-refractivity contribution in [1.29, 1.82) is 0 Å². The number of rotatable bonds is 2. The van der Waals surface area contributed by atoms with Crippen LogP contribution in [0.2, 0.25) is 0 Å². The Hall–Kier alpha value is -0.520. The van der Waals surface area contributed by atoms with E-state index in [1.54, 1.807) is 16.7 Å². The van der Waals surface area contributed by atoms with Crippen molar-refractivity contribution in [1.82, 2.24) is 0 Å². The average molecular weight is 150 g/mol. The Labute approximate surface area is 70.0 Å². The SMILES string of the molecule is CCC1=C(CC)C(C)C(C)=C1. The lowest BCUT2D eigenvalue weighted by molar-refractivity contribution is 0.771. The fourth-order valence-electron chi connectivity index (χ4n) is 1.91. The quantitative estimate of drug-likeness (QED) is 0.563. The first-order chi connectivity index (χ1) is 5.20. The lowest BCUT2D eigenvalue weighted by Crippen LogP contribution is -1.95. The lowest BCUT2D eigenvalue weighted by atomic mass is 9.95. The lowest BCUT2D eigenvalue weighted by Gasteiger charge is -2.10. The molecule has 1 rings (SSSR count). The van der Waals surface area contributed by atoms with Gasteiger partial charge in [0.1, 0.15) is 0 Å². The highest BCUT2D eigenvalue weighted by Gasteiger charge is 2.17. The Morgan fingerprint density at radius 1 is 1.27 bits per heavy atom. The summed E-state index contributed by atoms with van der Waals surface area (Å²) >= 11 is 0. The predicted molar refractivity (Wildman–Crippen MR) is 50.5 cm³/mol. The van der Waals surface area contributed by atoms with Crippen LogP contribution in [0.3, 0.4) is 0 Å². The number of hydrogen-bond acceptors (Lipinski definition) is 0. The maximum atomic E-state index is 2.36. The van der Waals surface area contributed by atoms with Crippen LogP contribution in [0.4, 0.5) is 0 Å². The molecule has 0 radical (unpaired) electrons. The molecule has 1 aliphatic rings. The maximum Gasteiger partial charge on any atom is -0.00153 e. The van der Waals surface area contributed by atoms with Gasteiger partial charge in [0.25, 0.3) is 0 Å². The topological polar surface area (TPSA) is 0 Å². The molecule has 0 bridgehead atoms. The van der Waals surface area contributed by atoms with Gasteiger partial charge in [-0.05, 0) is 31.3 Å². The van der Waals surface area contributed by atoms with Crippen LogP contribution in [0.1, 0.15) is 40.5 Å². The zero-order chi connectivity index (χ0) is 8.43. The molecule has 11 heavy (non-hydrogen) atoms. The number of hydrogen-bond donors (Lipinski definition) is 0. The van der Waals surface area contributed by atoms with Crippen molar-refractivity contribution in [3.8, 4) is 0 Å². The fourth-order valence-corrected chi connectivity index (χ4v) is 1.91. The van der Waals surface area contributed by atoms with E-state index >= 15 is 0 Å². The second-order valence-electron chi connectivity index (χ2n) is 3.37. The van der Waals surface area contributed by atoms with Gasteiger partial charge < -0.3 is 0 Å². The zero-order valence-corrected chi connectivity index (χ0v) is 8.07. The first kappa shape index (κ1) is 8.58. The molecule has 0 aromatic carbocycles. The van der Waals surface area contributed by atoms with Crippen LogP contribution in [0.5, 0.6) is 0 Å². The van der Waals surface area contributed by atoms with Crippen molar-refractivity contribution >= 4 is 0 Å². The van der Waals surface area contributed by atoms with E-state index in [9.17, 15) is 0 Å². The van der Waals surface area contributed by atoms with Gasteiger partial charge in [-0.2, -0.15) is 0 Å². The Bertz CT molecular complexity index is 206. The molecular formula is C11H18. The molecule has 62 valence electrons. The second kappa shape index (κ2) is 3.25. The summed E-state index contributed by atoms with van der Waals surface area (Å²) in [6, 6.07) is 0. The standard InChI is InChI=1S/C11H18/c1-5-10-7-8(3)9(4)11(10)6-2/h7,9H,5-6H2,1-4H3. The summed E-state index contributed by atoms with van der Waals surface area (Å²) in [5.74, 6) is 0.718. The van der Waals surface area contributed by atoms with Crippen molar-refractivity contribution in [2.45, 2.75) is 40.5 Å². The summed E-state index contributed by atoms with van der Waals surface area (Å²) in [5.41, 5.74) is 4.78. The van der Waals surface area contributed by atoms with Crippen LogP contribution < -0.4 is 0 Å². The molecule has 0 aliphatic heterocycles. The van der Waals surface area contributed by atoms with Crippen molar-refractivity contribution in [2.75, 3.05) is 0 Å². The Balaban J connectivity index is 2.89. The van der Waals surface area contributed by atoms with E-state index in [4.69, 9.17) is 0 Å². The van der Waals surface area contributed by atoms with Gasteiger partial charge in [0.05, 0.1) is 0 Å². The van der Waals surface area contributed by atoms with Crippen LogP contribution in [0.25, 0.3) is 0 Å². The largest absolute Gasteiger partial charge is 0.0661 e. The van der Waals surface area contributed by atoms with E-state index in [1.165, 1.54) is 12.8 Å². The average Bonchev–Trinajstić information content (AvgIpc) is 2.28. The van der Waals surface area contributed by atoms with Gasteiger partial charge in [-0.25, -0.2) is 0 Å². The molecule has 1 aliphatic carbocycles. The van der Waals surface area contributed by atoms with E-state index in [0.29, 0.717) is 0 Å². The monoisotopic (exact) mass is 150 g/mol. The van der Waals surface area contributed by atoms with Gasteiger partial charge >= 0.3 is 0 Å². The molecule has 0 heteroatoms. The van der Waals surface area contributed by atoms with Gasteiger partial charge in [-0.3, -0.25) is 0 Å². The van der Waals surface area contributed by atoms with E-state index in [1.807, 2.05) is 0 Å². The Morgan fingerprint density at radius 3 is 2.27 bits per heavy atom. The Kier molecular flexibility index (Phi) is 2.53. The first-order valence-electron chi connectivity index (χ1n) is 4.60. The molecule has 0 nitrogen and oxygen atoms in total. The molecule has 0 N–H and O–H groups in total. The minimum Gasteiger partial charge on any atom is -0.0661 e. The smallest absolute Gasteiger partial charge is 0.00153 e. The molecule has 1 unspecified atom stereocenters. The summed E-state index contributed by atoms with van der Waals surface area (Å²) < 4.78 is 0. The van der Waals surface area contributed by atoms with E-state index in [2.05, 4.69) is 33.8 Å². The highest BCUT2D eigenvalue weighted by atomic mass is 14.2. The van der Waals surface area contributed by atoms with Crippen molar-refractivity contribution in [3.63, 3.8) is 0 Å². The van der Waals surface area contributed by atoms with Gasteiger partial charge in [-0.15, -0.1) is 0 Å². The third-order valence-corrected chi connectivity index (χ3v) is 2.78. The van der Waals surface area contributed by atoms with Crippen molar-refractivity contribution < 1.29 is 0 Å². The molecule has 0 saturated carbocycles. The van der Waals surface area contributed by atoms with Crippen LogP contribution in [0.15, 0.2) is 22.8 Å². The van der Waals surface area contributed by atoms with Crippen LogP contribution in [0, 0.1) is 5.92 Å². The fraction of sp³-hybridized carbons (Fsp3) is 0.636. The molecule has 0 fully saturated rings. The van der Waals surface area contributed by atoms with Crippen molar-refractivity contribution in [2.24, 2.45) is 5.92 Å². The van der Waals surface area contributed by atoms with Crippen LogP contribution >= 0.6 is 0 Å². The molecule has 0 saturated heterocycles. The van der Waals surface area contributed by atoms with Gasteiger partial charge in [0.2, 0.25) is 0 Å². The third-order valence-electron chi connectivity index (χ3n) is 2.78. The highest BCUT2D eigenvalue weighted by molar-refractivity contribution is 5.40. The minimum atomic E-state index is 0.718. The normalized spacial score (nSPS) is 24.4. The van der Waals surface area contributed by atoms with E-state index in [0.717, 1.165) is 5.92 Å². The third kappa shape index (κ3) is 1.40. The van der Waals surface area contributed by atoms with Crippen LogP contribution in [-0.4, -0.2) is 0 Å². The summed E-state index contributed by atoms with van der Waals surface area (Å²) in [5, 5.41) is 0. The first-order valence-corrected chi connectivity index (χ1v) is 4.60. The molecule has 1 atom stereocenters. The highest BCUT2D eigenvalue weighted by Crippen LogP contribution is 2.34. The zero-order valence-electron chi connectivity index (χ0n) is 8.07. The summed E-state index contributed by atoms with van der Waals surface area (Å²) in [6.45, 7) is 9.05. The molecule has 0 spiro atoms. The van der Waals surface area contributed by atoms with Crippen molar-refractivity contribution in [3.05, 3.63) is 22.8 Å². The van der Waals surface area contributed by atoms with Gasteiger partial charge in [-0.1, -0.05) is 38.0 Å². The molecule has 0 heterocycles. The maximum absolute atomic E-state index is 2.36. The van der Waals surface area contributed by atoms with E-state index < -0.39 is 0 Å².